The van der Waals surface area contributed by atoms with Crippen LogP contribution in [-0.2, 0) is 9.59 Å². The van der Waals surface area contributed by atoms with Crippen molar-refractivity contribution in [2.45, 2.75) is 65.7 Å². The van der Waals surface area contributed by atoms with Crippen molar-refractivity contribution >= 4 is 17.5 Å². The monoisotopic (exact) mass is 321 g/mol. The Bertz CT molecular complexity index is 459. The maximum Gasteiger partial charge on any atom is 0.259 e. The maximum atomic E-state index is 12.2. The summed E-state index contributed by atoms with van der Waals surface area (Å²) in [6.45, 7) is 7.50. The normalized spacial score (nSPS) is 28.1. The molecule has 130 valence electrons. The van der Waals surface area contributed by atoms with Crippen LogP contribution in [0.1, 0.15) is 65.7 Å². The van der Waals surface area contributed by atoms with E-state index in [1.54, 1.807) is 4.90 Å². The van der Waals surface area contributed by atoms with Crippen molar-refractivity contribution in [3.05, 3.63) is 0 Å². The first-order chi connectivity index (χ1) is 11.0. The van der Waals surface area contributed by atoms with Gasteiger partial charge in [-0.15, -0.1) is 0 Å². The number of carbonyl (C=O) groups is 2. The Morgan fingerprint density at radius 1 is 1.30 bits per heavy atom. The molecule has 1 N–H and O–H groups in total. The number of hydrogen-bond donors (Lipinski definition) is 1. The standard InChI is InChI=1S/C18H31N3O2/c1-13(2)15-9-8-14(3)11-16(15)19-20-17(22)12-21-10-6-4-5-7-18(21)23/h13-15H,4-12H2,1-3H3,(H,20,22)/t14-,15-/m0/s1. The Balaban J connectivity index is 1.91. The fourth-order valence-corrected chi connectivity index (χ4v) is 3.64. The van der Waals surface area contributed by atoms with E-state index in [4.69, 9.17) is 0 Å². The fraction of sp³-hybridized carbons (Fsp3) is 0.833. The summed E-state index contributed by atoms with van der Waals surface area (Å²) in [6.07, 6.45) is 6.91. The van der Waals surface area contributed by atoms with Crippen LogP contribution in [0.5, 0.6) is 0 Å². The minimum Gasteiger partial charge on any atom is -0.333 e. The molecule has 0 aromatic heterocycles. The second-order valence-electron chi connectivity index (χ2n) is 7.50. The van der Waals surface area contributed by atoms with Crippen molar-refractivity contribution in [2.24, 2.45) is 22.9 Å². The molecular formula is C18H31N3O2. The van der Waals surface area contributed by atoms with Gasteiger partial charge in [-0.25, -0.2) is 5.43 Å². The lowest BCUT2D eigenvalue weighted by atomic mass is 9.76. The summed E-state index contributed by atoms with van der Waals surface area (Å²) in [7, 11) is 0. The van der Waals surface area contributed by atoms with Crippen LogP contribution in [0.3, 0.4) is 0 Å². The van der Waals surface area contributed by atoms with Gasteiger partial charge in [0.05, 0.1) is 0 Å². The smallest absolute Gasteiger partial charge is 0.259 e. The number of amides is 2. The summed E-state index contributed by atoms with van der Waals surface area (Å²) in [6, 6.07) is 0. The van der Waals surface area contributed by atoms with E-state index in [0.717, 1.165) is 37.8 Å². The van der Waals surface area contributed by atoms with Crippen LogP contribution < -0.4 is 5.43 Å². The second-order valence-corrected chi connectivity index (χ2v) is 7.50. The molecule has 0 spiro atoms. The molecule has 1 aliphatic carbocycles. The number of carbonyl (C=O) groups excluding carboxylic acids is 2. The minimum absolute atomic E-state index is 0.0941. The number of rotatable bonds is 4. The van der Waals surface area contributed by atoms with Gasteiger partial charge in [-0.05, 0) is 43.9 Å². The van der Waals surface area contributed by atoms with Gasteiger partial charge >= 0.3 is 0 Å². The highest BCUT2D eigenvalue weighted by Crippen LogP contribution is 2.31. The van der Waals surface area contributed by atoms with Gasteiger partial charge in [0.25, 0.3) is 5.91 Å². The van der Waals surface area contributed by atoms with Crippen molar-refractivity contribution in [3.63, 3.8) is 0 Å². The number of nitrogens with zero attached hydrogens (tertiary/aromatic N) is 2. The van der Waals surface area contributed by atoms with Crippen LogP contribution in [0.2, 0.25) is 0 Å². The third-order valence-electron chi connectivity index (χ3n) is 5.09. The molecule has 2 rings (SSSR count). The van der Waals surface area contributed by atoms with E-state index in [1.807, 2.05) is 0 Å². The number of hydrogen-bond acceptors (Lipinski definition) is 3. The molecule has 1 heterocycles. The summed E-state index contributed by atoms with van der Waals surface area (Å²) in [4.78, 5) is 25.8. The van der Waals surface area contributed by atoms with Gasteiger partial charge in [0.15, 0.2) is 0 Å². The molecule has 0 radical (unpaired) electrons. The first-order valence-electron chi connectivity index (χ1n) is 9.10. The van der Waals surface area contributed by atoms with E-state index in [1.165, 1.54) is 6.42 Å². The molecule has 2 amide bonds. The minimum atomic E-state index is -0.173. The molecule has 1 saturated carbocycles. The van der Waals surface area contributed by atoms with E-state index >= 15 is 0 Å². The van der Waals surface area contributed by atoms with Crippen LogP contribution in [0.15, 0.2) is 5.10 Å². The van der Waals surface area contributed by atoms with Gasteiger partial charge in [0, 0.05) is 24.6 Å². The molecule has 1 saturated heterocycles. The Hall–Kier alpha value is -1.39. The Morgan fingerprint density at radius 2 is 2.09 bits per heavy atom. The summed E-state index contributed by atoms with van der Waals surface area (Å²) < 4.78 is 0. The number of likely N-dealkylation sites (tertiary alicyclic amines) is 1. The van der Waals surface area contributed by atoms with E-state index in [9.17, 15) is 9.59 Å². The van der Waals surface area contributed by atoms with Crippen molar-refractivity contribution < 1.29 is 9.59 Å². The largest absolute Gasteiger partial charge is 0.333 e. The zero-order valence-electron chi connectivity index (χ0n) is 14.8. The molecule has 2 atom stereocenters. The molecule has 5 nitrogen and oxygen atoms in total. The predicted octanol–water partition coefficient (Wildman–Crippen LogP) is 2.95. The fourth-order valence-electron chi connectivity index (χ4n) is 3.64. The second kappa shape index (κ2) is 8.46. The van der Waals surface area contributed by atoms with E-state index < -0.39 is 0 Å². The highest BCUT2D eigenvalue weighted by Gasteiger charge is 2.27. The summed E-state index contributed by atoms with van der Waals surface area (Å²) in [5.74, 6) is 1.56. The van der Waals surface area contributed by atoms with Gasteiger partial charge in [0.1, 0.15) is 6.54 Å². The summed E-state index contributed by atoms with van der Waals surface area (Å²) in [5.41, 5.74) is 3.82. The Labute approximate surface area is 139 Å². The zero-order chi connectivity index (χ0) is 16.8. The molecular weight excluding hydrogens is 290 g/mol. The van der Waals surface area contributed by atoms with Crippen LogP contribution in [-0.4, -0.2) is 35.5 Å². The number of nitrogens with one attached hydrogen (secondary N) is 1. The zero-order valence-corrected chi connectivity index (χ0v) is 14.8. The lowest BCUT2D eigenvalue weighted by Gasteiger charge is -2.30. The van der Waals surface area contributed by atoms with Crippen molar-refractivity contribution in [1.29, 1.82) is 0 Å². The van der Waals surface area contributed by atoms with Crippen LogP contribution in [0.25, 0.3) is 0 Å². The average molecular weight is 321 g/mol. The van der Waals surface area contributed by atoms with E-state index in [2.05, 4.69) is 31.3 Å². The topological polar surface area (TPSA) is 61.8 Å². The van der Waals surface area contributed by atoms with Gasteiger partial charge in [-0.3, -0.25) is 9.59 Å². The quantitative estimate of drug-likeness (QED) is 0.809. The highest BCUT2D eigenvalue weighted by atomic mass is 16.2. The first kappa shape index (κ1) is 18.0. The van der Waals surface area contributed by atoms with Crippen molar-refractivity contribution in [2.75, 3.05) is 13.1 Å². The molecule has 0 aromatic carbocycles. The van der Waals surface area contributed by atoms with Crippen LogP contribution >= 0.6 is 0 Å². The van der Waals surface area contributed by atoms with Gasteiger partial charge in [0.2, 0.25) is 5.91 Å². The third-order valence-corrected chi connectivity index (χ3v) is 5.09. The van der Waals surface area contributed by atoms with Gasteiger partial charge < -0.3 is 4.90 Å². The molecule has 0 unspecified atom stereocenters. The predicted molar refractivity (Wildman–Crippen MR) is 92.0 cm³/mol. The molecule has 2 aliphatic rings. The van der Waals surface area contributed by atoms with Gasteiger partial charge in [-0.2, -0.15) is 5.10 Å². The molecule has 5 heteroatoms. The highest BCUT2D eigenvalue weighted by molar-refractivity contribution is 5.90. The van der Waals surface area contributed by atoms with Crippen LogP contribution in [0, 0.1) is 17.8 Å². The summed E-state index contributed by atoms with van der Waals surface area (Å²) >= 11 is 0. The molecule has 0 bridgehead atoms. The molecule has 1 aliphatic heterocycles. The first-order valence-corrected chi connectivity index (χ1v) is 9.10. The lowest BCUT2D eigenvalue weighted by molar-refractivity contribution is -0.135. The van der Waals surface area contributed by atoms with Crippen LogP contribution in [0.4, 0.5) is 0 Å². The van der Waals surface area contributed by atoms with Crippen molar-refractivity contribution in [3.8, 4) is 0 Å². The van der Waals surface area contributed by atoms with Gasteiger partial charge in [-0.1, -0.05) is 27.2 Å². The molecule has 23 heavy (non-hydrogen) atoms. The average Bonchev–Trinajstić information content (AvgIpc) is 2.70. The Kier molecular flexibility index (Phi) is 6.60. The van der Waals surface area contributed by atoms with E-state index in [0.29, 0.717) is 30.7 Å². The Morgan fingerprint density at radius 3 is 2.83 bits per heavy atom. The summed E-state index contributed by atoms with van der Waals surface area (Å²) in [5, 5.41) is 4.43. The molecule has 0 aromatic rings. The van der Waals surface area contributed by atoms with E-state index in [-0.39, 0.29) is 18.4 Å². The number of hydrazone groups is 1. The third kappa shape index (κ3) is 5.33. The maximum absolute atomic E-state index is 12.2. The van der Waals surface area contributed by atoms with Crippen molar-refractivity contribution in [1.82, 2.24) is 10.3 Å². The lowest BCUT2D eigenvalue weighted by Crippen LogP contribution is -2.40. The SMILES string of the molecule is CC(C)[C@@H]1CC[C@H](C)CC1=NNC(=O)CN1CCCCCC1=O. The molecule has 2 fully saturated rings.